The molecule has 2 aliphatic rings. The predicted molar refractivity (Wildman–Crippen MR) is 80.4 cm³/mol. The molecule has 1 aromatic heterocycles. The third-order valence-electron chi connectivity index (χ3n) is 4.33. The molecule has 3 rings (SSSR count). The van der Waals surface area contributed by atoms with E-state index >= 15 is 0 Å². The third kappa shape index (κ3) is 2.69. The summed E-state index contributed by atoms with van der Waals surface area (Å²) in [5, 5.41) is 10.6. The molecule has 2 atom stereocenters. The van der Waals surface area contributed by atoms with Crippen molar-refractivity contribution in [2.45, 2.75) is 51.1 Å². The number of amides is 1. The first kappa shape index (κ1) is 15.3. The van der Waals surface area contributed by atoms with Crippen LogP contribution in [0, 0.1) is 0 Å². The van der Waals surface area contributed by atoms with Gasteiger partial charge in [-0.25, -0.2) is 0 Å². The number of aromatic amines is 1. The van der Waals surface area contributed by atoms with Gasteiger partial charge in [0, 0.05) is 24.3 Å². The topological polar surface area (TPSA) is 61.0 Å². The Kier molecular flexibility index (Phi) is 4.70. The largest absolute Gasteiger partial charge is 0.330 e. The average Bonchev–Trinajstić information content (AvgIpc) is 2.92. The summed E-state index contributed by atoms with van der Waals surface area (Å²) in [6, 6.07) is 2.65. The summed E-state index contributed by atoms with van der Waals surface area (Å²) < 4.78 is 0. The summed E-state index contributed by atoms with van der Waals surface area (Å²) in [5.41, 5.74) is 1.60. The number of aromatic nitrogens is 2. The van der Waals surface area contributed by atoms with E-state index in [-0.39, 0.29) is 18.3 Å². The van der Waals surface area contributed by atoms with E-state index in [0.717, 1.165) is 38.0 Å². The summed E-state index contributed by atoms with van der Waals surface area (Å²) in [6.45, 7) is 6.13. The Morgan fingerprint density at radius 3 is 2.80 bits per heavy atom. The number of H-pyrrole nitrogens is 1. The molecule has 0 aromatic carbocycles. The smallest absolute Gasteiger partial charge is 0.274 e. The van der Waals surface area contributed by atoms with E-state index in [2.05, 4.69) is 34.3 Å². The zero-order valence-corrected chi connectivity index (χ0v) is 12.9. The maximum atomic E-state index is 12.7. The number of rotatable bonds is 2. The minimum Gasteiger partial charge on any atom is -0.330 e. The zero-order chi connectivity index (χ0) is 13.4. The predicted octanol–water partition coefficient (Wildman–Crippen LogP) is 1.92. The van der Waals surface area contributed by atoms with Crippen LogP contribution in [0.2, 0.25) is 0 Å². The first-order valence-corrected chi connectivity index (χ1v) is 7.25. The van der Waals surface area contributed by atoms with Gasteiger partial charge in [0.2, 0.25) is 0 Å². The van der Waals surface area contributed by atoms with E-state index in [1.54, 1.807) is 0 Å². The average molecular weight is 299 g/mol. The number of carbonyl (C=O) groups excluding carboxylic acids is 1. The second-order valence-electron chi connectivity index (χ2n) is 5.95. The Labute approximate surface area is 125 Å². The highest BCUT2D eigenvalue weighted by molar-refractivity contribution is 5.93. The zero-order valence-electron chi connectivity index (χ0n) is 12.1. The SMILES string of the molecule is CC(C)c1cc(C(=O)N2C3CCNCC2CC3)n[nH]1.Cl. The molecule has 3 heterocycles. The molecule has 0 aliphatic carbocycles. The van der Waals surface area contributed by atoms with Crippen LogP contribution in [-0.4, -0.2) is 46.2 Å². The number of hydrogen-bond acceptors (Lipinski definition) is 3. The highest BCUT2D eigenvalue weighted by atomic mass is 35.5. The minimum atomic E-state index is 0. The first-order valence-electron chi connectivity index (χ1n) is 7.25. The van der Waals surface area contributed by atoms with Crippen LogP contribution in [-0.2, 0) is 0 Å². The van der Waals surface area contributed by atoms with Crippen LogP contribution in [0.15, 0.2) is 6.07 Å². The van der Waals surface area contributed by atoms with Crippen LogP contribution < -0.4 is 5.32 Å². The molecule has 2 saturated heterocycles. The van der Waals surface area contributed by atoms with Crippen LogP contribution in [0.1, 0.15) is 55.2 Å². The maximum absolute atomic E-state index is 12.7. The number of halogens is 1. The Morgan fingerprint density at radius 1 is 1.35 bits per heavy atom. The minimum absolute atomic E-state index is 0. The van der Waals surface area contributed by atoms with Crippen molar-refractivity contribution in [3.63, 3.8) is 0 Å². The van der Waals surface area contributed by atoms with Crippen LogP contribution >= 0.6 is 12.4 Å². The van der Waals surface area contributed by atoms with Crippen molar-refractivity contribution in [1.82, 2.24) is 20.4 Å². The van der Waals surface area contributed by atoms with Crippen molar-refractivity contribution in [3.05, 3.63) is 17.5 Å². The molecule has 0 radical (unpaired) electrons. The van der Waals surface area contributed by atoms with Gasteiger partial charge in [-0.1, -0.05) is 13.8 Å². The lowest BCUT2D eigenvalue weighted by Crippen LogP contribution is -2.42. The molecule has 1 amide bonds. The summed E-state index contributed by atoms with van der Waals surface area (Å²) in [6.07, 6.45) is 3.31. The Hall–Kier alpha value is -1.07. The lowest BCUT2D eigenvalue weighted by Gasteiger charge is -2.26. The van der Waals surface area contributed by atoms with Crippen molar-refractivity contribution < 1.29 is 4.79 Å². The fraction of sp³-hybridized carbons (Fsp3) is 0.714. The van der Waals surface area contributed by atoms with Gasteiger partial charge in [0.15, 0.2) is 0 Å². The van der Waals surface area contributed by atoms with Crippen molar-refractivity contribution in [2.75, 3.05) is 13.1 Å². The fourth-order valence-corrected chi connectivity index (χ4v) is 3.19. The van der Waals surface area contributed by atoms with E-state index in [4.69, 9.17) is 0 Å². The van der Waals surface area contributed by atoms with Gasteiger partial charge in [-0.15, -0.1) is 12.4 Å². The van der Waals surface area contributed by atoms with Gasteiger partial charge >= 0.3 is 0 Å². The lowest BCUT2D eigenvalue weighted by atomic mass is 10.1. The normalized spacial score (nSPS) is 25.4. The first-order chi connectivity index (χ1) is 9.16. The van der Waals surface area contributed by atoms with Crippen molar-refractivity contribution in [3.8, 4) is 0 Å². The van der Waals surface area contributed by atoms with Crippen LogP contribution in [0.3, 0.4) is 0 Å². The molecule has 1 aromatic rings. The molecule has 2 unspecified atom stereocenters. The number of carbonyl (C=O) groups is 1. The highest BCUT2D eigenvalue weighted by Crippen LogP contribution is 2.29. The second kappa shape index (κ2) is 6.14. The summed E-state index contributed by atoms with van der Waals surface area (Å²) in [7, 11) is 0. The summed E-state index contributed by atoms with van der Waals surface area (Å²) in [5.74, 6) is 0.468. The molecule has 0 saturated carbocycles. The van der Waals surface area contributed by atoms with Crippen molar-refractivity contribution in [2.24, 2.45) is 0 Å². The van der Waals surface area contributed by atoms with Gasteiger partial charge in [0.05, 0.1) is 0 Å². The molecule has 112 valence electrons. The molecular formula is C14H23ClN4O. The van der Waals surface area contributed by atoms with Gasteiger partial charge in [-0.05, 0) is 37.8 Å². The molecular weight excluding hydrogens is 276 g/mol. The lowest BCUT2D eigenvalue weighted by molar-refractivity contribution is 0.0674. The molecule has 5 nitrogen and oxygen atoms in total. The Bertz CT molecular complexity index is 459. The summed E-state index contributed by atoms with van der Waals surface area (Å²) in [4.78, 5) is 14.7. The van der Waals surface area contributed by atoms with Gasteiger partial charge < -0.3 is 10.2 Å². The molecule has 20 heavy (non-hydrogen) atoms. The number of nitrogens with one attached hydrogen (secondary N) is 2. The number of nitrogens with zero attached hydrogens (tertiary/aromatic N) is 2. The molecule has 2 aliphatic heterocycles. The van der Waals surface area contributed by atoms with Crippen LogP contribution in [0.4, 0.5) is 0 Å². The van der Waals surface area contributed by atoms with E-state index in [1.165, 1.54) is 0 Å². The van der Waals surface area contributed by atoms with Gasteiger partial charge in [0.1, 0.15) is 5.69 Å². The Morgan fingerprint density at radius 2 is 2.10 bits per heavy atom. The maximum Gasteiger partial charge on any atom is 0.274 e. The van der Waals surface area contributed by atoms with Crippen LogP contribution in [0.5, 0.6) is 0 Å². The van der Waals surface area contributed by atoms with E-state index in [0.29, 0.717) is 23.7 Å². The van der Waals surface area contributed by atoms with E-state index in [9.17, 15) is 4.79 Å². The molecule has 2 bridgehead atoms. The fourth-order valence-electron chi connectivity index (χ4n) is 3.19. The van der Waals surface area contributed by atoms with Crippen molar-refractivity contribution in [1.29, 1.82) is 0 Å². The van der Waals surface area contributed by atoms with Gasteiger partial charge in [0.25, 0.3) is 5.91 Å². The Balaban J connectivity index is 0.00000147. The van der Waals surface area contributed by atoms with E-state index < -0.39 is 0 Å². The standard InChI is InChI=1S/C14H22N4O.ClH/c1-9(2)12-7-13(17-16-12)14(19)18-10-3-4-11(18)8-15-6-5-10;/h7,9-11,15H,3-6,8H2,1-2H3,(H,16,17);1H. The summed E-state index contributed by atoms with van der Waals surface area (Å²) >= 11 is 0. The highest BCUT2D eigenvalue weighted by Gasteiger charge is 2.39. The monoisotopic (exact) mass is 298 g/mol. The third-order valence-corrected chi connectivity index (χ3v) is 4.33. The molecule has 6 heteroatoms. The van der Waals surface area contributed by atoms with Crippen molar-refractivity contribution >= 4 is 18.3 Å². The molecule has 2 fully saturated rings. The van der Waals surface area contributed by atoms with Crippen LogP contribution in [0.25, 0.3) is 0 Å². The van der Waals surface area contributed by atoms with Gasteiger partial charge in [-0.3, -0.25) is 9.89 Å². The number of fused-ring (bicyclic) bond motifs is 2. The van der Waals surface area contributed by atoms with Gasteiger partial charge in [-0.2, -0.15) is 5.10 Å². The molecule has 2 N–H and O–H groups in total. The molecule has 0 spiro atoms. The number of hydrogen-bond donors (Lipinski definition) is 2. The quantitative estimate of drug-likeness (QED) is 0.877. The van der Waals surface area contributed by atoms with E-state index in [1.807, 2.05) is 6.07 Å². The second-order valence-corrected chi connectivity index (χ2v) is 5.95.